The van der Waals surface area contributed by atoms with Gasteiger partial charge in [-0.05, 0) is 22.9 Å². The Hall–Kier alpha value is -0.000000000000000111. The van der Waals surface area contributed by atoms with Crippen LogP contribution in [-0.2, 0) is 0 Å². The molecule has 1 atom stereocenters. The van der Waals surface area contributed by atoms with Gasteiger partial charge in [0.15, 0.2) is 0 Å². The fraction of sp³-hybridized carbons (Fsp3) is 0.625. The fourth-order valence-electron chi connectivity index (χ4n) is 1.39. The van der Waals surface area contributed by atoms with E-state index < -0.39 is 6.17 Å². The van der Waals surface area contributed by atoms with Crippen LogP contribution >= 0.6 is 27.3 Å². The first kappa shape index (κ1) is 9.55. The lowest BCUT2D eigenvalue weighted by molar-refractivity contribution is 0.0330. The maximum Gasteiger partial charge on any atom is 0.125 e. The zero-order chi connectivity index (χ0) is 9.42. The molecule has 0 aromatic carbocycles. The van der Waals surface area contributed by atoms with Crippen molar-refractivity contribution < 1.29 is 4.39 Å². The summed E-state index contributed by atoms with van der Waals surface area (Å²) in [7, 11) is 0. The van der Waals surface area contributed by atoms with Crippen molar-refractivity contribution in [2.75, 3.05) is 13.1 Å². The van der Waals surface area contributed by atoms with Crippen LogP contribution in [-0.4, -0.2) is 29.1 Å². The molecule has 1 saturated heterocycles. The number of thiazole rings is 1. The van der Waals surface area contributed by atoms with E-state index in [2.05, 4.69) is 32.7 Å². The van der Waals surface area contributed by atoms with E-state index >= 15 is 0 Å². The van der Waals surface area contributed by atoms with Gasteiger partial charge in [0.25, 0.3) is 0 Å². The highest BCUT2D eigenvalue weighted by Gasteiger charge is 2.31. The van der Waals surface area contributed by atoms with Crippen molar-refractivity contribution in [3.8, 4) is 0 Å². The monoisotopic (exact) mass is 264 g/mol. The predicted octanol–water partition coefficient (Wildman–Crippen LogP) is 2.62. The van der Waals surface area contributed by atoms with E-state index in [-0.39, 0.29) is 6.04 Å². The smallest absolute Gasteiger partial charge is 0.125 e. The molecule has 1 aromatic heterocycles. The summed E-state index contributed by atoms with van der Waals surface area (Å²) in [5.74, 6) is 0. The third kappa shape index (κ3) is 1.92. The Kier molecular flexibility index (Phi) is 2.67. The molecule has 0 saturated carbocycles. The number of rotatable bonds is 2. The number of aromatic nitrogens is 1. The van der Waals surface area contributed by atoms with Gasteiger partial charge in [0, 0.05) is 13.1 Å². The number of alkyl halides is 1. The molecule has 13 heavy (non-hydrogen) atoms. The average molecular weight is 265 g/mol. The van der Waals surface area contributed by atoms with Gasteiger partial charge in [0.1, 0.15) is 11.2 Å². The standard InChI is InChI=1S/C8H10BrFN2S/c1-5(12-3-6(10)4-12)8-11-2-7(9)13-8/h2,5-6H,3-4H2,1H3. The van der Waals surface area contributed by atoms with Gasteiger partial charge in [0.05, 0.1) is 16.0 Å². The molecule has 1 aliphatic rings. The molecule has 72 valence electrons. The van der Waals surface area contributed by atoms with Crippen LogP contribution in [0.4, 0.5) is 4.39 Å². The Morgan fingerprint density at radius 3 is 2.92 bits per heavy atom. The summed E-state index contributed by atoms with van der Waals surface area (Å²) in [6.07, 6.45) is 1.16. The summed E-state index contributed by atoms with van der Waals surface area (Å²) in [4.78, 5) is 6.34. The lowest BCUT2D eigenvalue weighted by atomic mass is 10.1. The minimum Gasteiger partial charge on any atom is -0.288 e. The summed E-state index contributed by atoms with van der Waals surface area (Å²) in [6, 6.07) is 0.253. The van der Waals surface area contributed by atoms with Gasteiger partial charge in [-0.2, -0.15) is 0 Å². The summed E-state index contributed by atoms with van der Waals surface area (Å²) >= 11 is 4.98. The SMILES string of the molecule is CC(c1ncc(Br)s1)N1CC(F)C1. The van der Waals surface area contributed by atoms with Crippen molar-refractivity contribution in [2.24, 2.45) is 0 Å². The first-order valence-electron chi connectivity index (χ1n) is 4.16. The summed E-state index contributed by atoms with van der Waals surface area (Å²) in [6.45, 7) is 3.17. The first-order chi connectivity index (χ1) is 6.16. The number of nitrogens with zero attached hydrogens (tertiary/aromatic N) is 2. The second-order valence-corrected chi connectivity index (χ2v) is 5.67. The van der Waals surface area contributed by atoms with Crippen molar-refractivity contribution in [1.29, 1.82) is 0 Å². The van der Waals surface area contributed by atoms with Gasteiger partial charge in [-0.3, -0.25) is 4.90 Å². The Labute approximate surface area is 88.9 Å². The molecular formula is C8H10BrFN2S. The van der Waals surface area contributed by atoms with E-state index in [4.69, 9.17) is 0 Å². The fourth-order valence-corrected chi connectivity index (χ4v) is 2.72. The van der Waals surface area contributed by atoms with Gasteiger partial charge in [-0.15, -0.1) is 11.3 Å². The molecule has 2 heterocycles. The zero-order valence-electron chi connectivity index (χ0n) is 7.20. The Balaban J connectivity index is 2.01. The minimum absolute atomic E-state index is 0.253. The van der Waals surface area contributed by atoms with Crippen LogP contribution in [0.3, 0.4) is 0 Å². The van der Waals surface area contributed by atoms with Crippen LogP contribution in [0.15, 0.2) is 9.98 Å². The number of hydrogen-bond acceptors (Lipinski definition) is 3. The lowest BCUT2D eigenvalue weighted by Crippen LogP contribution is -2.49. The van der Waals surface area contributed by atoms with Crippen LogP contribution in [0.2, 0.25) is 0 Å². The van der Waals surface area contributed by atoms with Crippen molar-refractivity contribution in [3.05, 3.63) is 15.0 Å². The molecular weight excluding hydrogens is 255 g/mol. The molecule has 0 spiro atoms. The van der Waals surface area contributed by atoms with Crippen molar-refractivity contribution in [2.45, 2.75) is 19.1 Å². The molecule has 0 N–H and O–H groups in total. The maximum absolute atomic E-state index is 12.6. The first-order valence-corrected chi connectivity index (χ1v) is 5.77. The number of halogens is 2. The zero-order valence-corrected chi connectivity index (χ0v) is 9.61. The number of likely N-dealkylation sites (tertiary alicyclic amines) is 1. The molecule has 1 aliphatic heterocycles. The summed E-state index contributed by atoms with van der Waals surface area (Å²) in [5.41, 5.74) is 0. The third-order valence-electron chi connectivity index (χ3n) is 2.27. The quantitative estimate of drug-likeness (QED) is 0.817. The largest absolute Gasteiger partial charge is 0.288 e. The Morgan fingerprint density at radius 1 is 1.77 bits per heavy atom. The molecule has 1 aromatic rings. The van der Waals surface area contributed by atoms with Gasteiger partial charge in [0.2, 0.25) is 0 Å². The van der Waals surface area contributed by atoms with Gasteiger partial charge in [-0.1, -0.05) is 0 Å². The van der Waals surface area contributed by atoms with Crippen LogP contribution in [0.1, 0.15) is 18.0 Å². The normalized spacial score (nSPS) is 21.5. The molecule has 5 heteroatoms. The van der Waals surface area contributed by atoms with E-state index in [1.807, 2.05) is 0 Å². The number of hydrogen-bond donors (Lipinski definition) is 0. The average Bonchev–Trinajstić information content (AvgIpc) is 2.45. The van der Waals surface area contributed by atoms with E-state index in [1.54, 1.807) is 17.5 Å². The highest BCUT2D eigenvalue weighted by atomic mass is 79.9. The van der Waals surface area contributed by atoms with E-state index in [9.17, 15) is 4.39 Å². The topological polar surface area (TPSA) is 16.1 Å². The summed E-state index contributed by atoms with van der Waals surface area (Å²) < 4.78 is 13.6. The Bertz CT molecular complexity index is 298. The molecule has 1 unspecified atom stereocenters. The van der Waals surface area contributed by atoms with Gasteiger partial charge in [-0.25, -0.2) is 9.37 Å². The van der Waals surface area contributed by atoms with Crippen LogP contribution in [0, 0.1) is 0 Å². The van der Waals surface area contributed by atoms with Crippen LogP contribution < -0.4 is 0 Å². The summed E-state index contributed by atoms with van der Waals surface area (Å²) in [5, 5.41) is 1.05. The van der Waals surface area contributed by atoms with Gasteiger partial charge >= 0.3 is 0 Å². The molecule has 0 radical (unpaired) electrons. The lowest BCUT2D eigenvalue weighted by Gasteiger charge is -2.38. The van der Waals surface area contributed by atoms with E-state index in [0.29, 0.717) is 13.1 Å². The van der Waals surface area contributed by atoms with Crippen molar-refractivity contribution >= 4 is 27.3 Å². The highest BCUT2D eigenvalue weighted by Crippen LogP contribution is 2.31. The molecule has 0 bridgehead atoms. The second-order valence-electron chi connectivity index (χ2n) is 3.23. The van der Waals surface area contributed by atoms with E-state index in [1.165, 1.54) is 0 Å². The molecule has 2 nitrogen and oxygen atoms in total. The molecule has 1 fully saturated rings. The molecule has 0 aliphatic carbocycles. The maximum atomic E-state index is 12.6. The predicted molar refractivity (Wildman–Crippen MR) is 54.7 cm³/mol. The van der Waals surface area contributed by atoms with Crippen molar-refractivity contribution in [3.63, 3.8) is 0 Å². The van der Waals surface area contributed by atoms with E-state index in [0.717, 1.165) is 8.79 Å². The third-order valence-corrected chi connectivity index (χ3v) is 3.91. The van der Waals surface area contributed by atoms with Gasteiger partial charge < -0.3 is 0 Å². The minimum atomic E-state index is -0.633. The van der Waals surface area contributed by atoms with Crippen LogP contribution in [0.5, 0.6) is 0 Å². The Morgan fingerprint density at radius 2 is 2.46 bits per heavy atom. The molecule has 2 rings (SSSR count). The van der Waals surface area contributed by atoms with Crippen molar-refractivity contribution in [1.82, 2.24) is 9.88 Å². The highest BCUT2D eigenvalue weighted by molar-refractivity contribution is 9.11. The van der Waals surface area contributed by atoms with Crippen LogP contribution in [0.25, 0.3) is 0 Å². The molecule has 0 amide bonds. The second kappa shape index (κ2) is 3.63.